The molecule has 4 heteroatoms. The van der Waals surface area contributed by atoms with Gasteiger partial charge in [-0.2, -0.15) is 0 Å². The Hall–Kier alpha value is -1.97. The van der Waals surface area contributed by atoms with E-state index in [9.17, 15) is 4.79 Å². The number of esters is 1. The average Bonchev–Trinajstić information content (AvgIpc) is 2.72. The Morgan fingerprint density at radius 2 is 2.19 bits per heavy atom. The number of benzene rings is 1. The SMILES string of the molecule is COC(=O)Cc1c[nH]c2cccc(OC)c12. The molecule has 2 aromatic rings. The Kier molecular flexibility index (Phi) is 2.81. The van der Waals surface area contributed by atoms with Crippen molar-refractivity contribution in [3.63, 3.8) is 0 Å². The predicted molar refractivity (Wildman–Crippen MR) is 60.6 cm³/mol. The fraction of sp³-hybridized carbons (Fsp3) is 0.250. The fourth-order valence-corrected chi connectivity index (χ4v) is 1.76. The molecule has 0 spiro atoms. The van der Waals surface area contributed by atoms with Crippen LogP contribution in [0.25, 0.3) is 10.9 Å². The van der Waals surface area contributed by atoms with Gasteiger partial charge < -0.3 is 14.5 Å². The van der Waals surface area contributed by atoms with Gasteiger partial charge in [-0.1, -0.05) is 6.07 Å². The van der Waals surface area contributed by atoms with E-state index < -0.39 is 0 Å². The summed E-state index contributed by atoms with van der Waals surface area (Å²) in [4.78, 5) is 14.4. The summed E-state index contributed by atoms with van der Waals surface area (Å²) in [7, 11) is 3.00. The number of ether oxygens (including phenoxy) is 2. The minimum absolute atomic E-state index is 0.247. The number of carbonyl (C=O) groups excluding carboxylic acids is 1. The number of rotatable bonds is 3. The maximum absolute atomic E-state index is 11.2. The summed E-state index contributed by atoms with van der Waals surface area (Å²) in [6.07, 6.45) is 2.06. The van der Waals surface area contributed by atoms with Gasteiger partial charge in [0.1, 0.15) is 5.75 Å². The Labute approximate surface area is 93.2 Å². The van der Waals surface area contributed by atoms with E-state index in [2.05, 4.69) is 9.72 Å². The maximum Gasteiger partial charge on any atom is 0.310 e. The molecule has 1 aromatic heterocycles. The summed E-state index contributed by atoms with van der Waals surface area (Å²) in [6.45, 7) is 0. The number of aromatic nitrogens is 1. The van der Waals surface area contributed by atoms with Crippen LogP contribution in [0.3, 0.4) is 0 Å². The van der Waals surface area contributed by atoms with Crippen molar-refractivity contribution >= 4 is 16.9 Å². The number of fused-ring (bicyclic) bond motifs is 1. The van der Waals surface area contributed by atoms with Crippen LogP contribution in [-0.4, -0.2) is 25.2 Å². The molecule has 1 heterocycles. The summed E-state index contributed by atoms with van der Waals surface area (Å²) in [5.41, 5.74) is 1.84. The van der Waals surface area contributed by atoms with Gasteiger partial charge in [0.2, 0.25) is 0 Å². The smallest absolute Gasteiger partial charge is 0.310 e. The van der Waals surface area contributed by atoms with Crippen LogP contribution >= 0.6 is 0 Å². The molecule has 0 aliphatic carbocycles. The van der Waals surface area contributed by atoms with Crippen molar-refractivity contribution in [2.75, 3.05) is 14.2 Å². The summed E-state index contributed by atoms with van der Waals surface area (Å²) >= 11 is 0. The van der Waals surface area contributed by atoms with Gasteiger partial charge in [-0.15, -0.1) is 0 Å². The number of hydrogen-bond acceptors (Lipinski definition) is 3. The van der Waals surface area contributed by atoms with Crippen molar-refractivity contribution < 1.29 is 14.3 Å². The van der Waals surface area contributed by atoms with Gasteiger partial charge in [0, 0.05) is 17.1 Å². The van der Waals surface area contributed by atoms with E-state index in [1.807, 2.05) is 24.4 Å². The van der Waals surface area contributed by atoms with E-state index in [-0.39, 0.29) is 12.4 Å². The molecule has 0 saturated heterocycles. The van der Waals surface area contributed by atoms with E-state index in [4.69, 9.17) is 4.74 Å². The number of H-pyrrole nitrogens is 1. The summed E-state index contributed by atoms with van der Waals surface area (Å²) < 4.78 is 9.92. The monoisotopic (exact) mass is 219 g/mol. The minimum Gasteiger partial charge on any atom is -0.496 e. The lowest BCUT2D eigenvalue weighted by molar-refractivity contribution is -0.139. The van der Waals surface area contributed by atoms with Crippen LogP contribution in [0.2, 0.25) is 0 Å². The molecule has 1 aromatic carbocycles. The Morgan fingerprint density at radius 3 is 2.88 bits per heavy atom. The summed E-state index contributed by atoms with van der Waals surface area (Å²) in [6, 6.07) is 5.72. The van der Waals surface area contributed by atoms with Crippen LogP contribution in [0.15, 0.2) is 24.4 Å². The maximum atomic E-state index is 11.2. The highest BCUT2D eigenvalue weighted by atomic mass is 16.5. The molecule has 1 N–H and O–H groups in total. The van der Waals surface area contributed by atoms with Crippen molar-refractivity contribution in [1.82, 2.24) is 4.98 Å². The van der Waals surface area contributed by atoms with Gasteiger partial charge in [0.25, 0.3) is 0 Å². The fourth-order valence-electron chi connectivity index (χ4n) is 1.76. The Balaban J connectivity index is 2.49. The second kappa shape index (κ2) is 4.26. The highest BCUT2D eigenvalue weighted by molar-refractivity contribution is 5.92. The lowest BCUT2D eigenvalue weighted by atomic mass is 10.1. The normalized spacial score (nSPS) is 10.4. The van der Waals surface area contributed by atoms with Gasteiger partial charge in [-0.25, -0.2) is 0 Å². The van der Waals surface area contributed by atoms with E-state index in [0.717, 1.165) is 22.2 Å². The molecule has 0 fully saturated rings. The number of methoxy groups -OCH3 is 2. The van der Waals surface area contributed by atoms with Gasteiger partial charge in [-0.3, -0.25) is 4.79 Å². The topological polar surface area (TPSA) is 51.3 Å². The molecular formula is C12H13NO3. The van der Waals surface area contributed by atoms with Gasteiger partial charge in [0.05, 0.1) is 20.6 Å². The van der Waals surface area contributed by atoms with E-state index in [1.165, 1.54) is 7.11 Å². The zero-order chi connectivity index (χ0) is 11.5. The Morgan fingerprint density at radius 1 is 1.38 bits per heavy atom. The zero-order valence-corrected chi connectivity index (χ0v) is 9.24. The van der Waals surface area contributed by atoms with Gasteiger partial charge in [-0.05, 0) is 17.7 Å². The van der Waals surface area contributed by atoms with Gasteiger partial charge in [0.15, 0.2) is 0 Å². The molecule has 0 aliphatic heterocycles. The third-order valence-electron chi connectivity index (χ3n) is 2.53. The molecule has 0 atom stereocenters. The van der Waals surface area contributed by atoms with Crippen LogP contribution in [0.1, 0.15) is 5.56 Å². The number of aromatic amines is 1. The molecule has 0 bridgehead atoms. The predicted octanol–water partition coefficient (Wildman–Crippen LogP) is 1.89. The summed E-state index contributed by atoms with van der Waals surface area (Å²) in [5.74, 6) is 0.504. The molecule has 16 heavy (non-hydrogen) atoms. The van der Waals surface area contributed by atoms with Crippen molar-refractivity contribution in [3.8, 4) is 5.75 Å². The second-order valence-electron chi connectivity index (χ2n) is 3.45. The highest BCUT2D eigenvalue weighted by Gasteiger charge is 2.12. The van der Waals surface area contributed by atoms with Crippen molar-refractivity contribution in [2.45, 2.75) is 6.42 Å². The van der Waals surface area contributed by atoms with Crippen LogP contribution in [-0.2, 0) is 16.0 Å². The zero-order valence-electron chi connectivity index (χ0n) is 9.24. The van der Waals surface area contributed by atoms with Crippen molar-refractivity contribution in [2.24, 2.45) is 0 Å². The third kappa shape index (κ3) is 1.74. The lowest BCUT2D eigenvalue weighted by Crippen LogP contribution is -2.03. The Bertz CT molecular complexity index is 516. The second-order valence-corrected chi connectivity index (χ2v) is 3.45. The molecular weight excluding hydrogens is 206 g/mol. The molecule has 0 aliphatic rings. The lowest BCUT2D eigenvalue weighted by Gasteiger charge is -2.03. The van der Waals surface area contributed by atoms with Crippen LogP contribution in [0.5, 0.6) is 5.75 Å². The highest BCUT2D eigenvalue weighted by Crippen LogP contribution is 2.28. The first-order valence-electron chi connectivity index (χ1n) is 4.96. The third-order valence-corrected chi connectivity index (χ3v) is 2.53. The van der Waals surface area contributed by atoms with E-state index in [0.29, 0.717) is 0 Å². The minimum atomic E-state index is -0.258. The van der Waals surface area contributed by atoms with Crippen molar-refractivity contribution in [1.29, 1.82) is 0 Å². The molecule has 0 radical (unpaired) electrons. The van der Waals surface area contributed by atoms with E-state index >= 15 is 0 Å². The number of carbonyl (C=O) groups is 1. The first kappa shape index (κ1) is 10.5. The van der Waals surface area contributed by atoms with Crippen LogP contribution in [0.4, 0.5) is 0 Å². The molecule has 0 amide bonds. The van der Waals surface area contributed by atoms with Crippen LogP contribution < -0.4 is 4.74 Å². The quantitative estimate of drug-likeness (QED) is 0.802. The van der Waals surface area contributed by atoms with Gasteiger partial charge >= 0.3 is 5.97 Å². The number of hydrogen-bond donors (Lipinski definition) is 1. The molecule has 2 rings (SSSR count). The van der Waals surface area contributed by atoms with E-state index in [1.54, 1.807) is 7.11 Å². The van der Waals surface area contributed by atoms with Crippen LogP contribution in [0, 0.1) is 0 Å². The average molecular weight is 219 g/mol. The molecule has 0 unspecified atom stereocenters. The number of nitrogens with one attached hydrogen (secondary N) is 1. The molecule has 4 nitrogen and oxygen atoms in total. The molecule has 84 valence electrons. The first-order valence-corrected chi connectivity index (χ1v) is 4.96. The largest absolute Gasteiger partial charge is 0.496 e. The molecule has 0 saturated carbocycles. The first-order chi connectivity index (χ1) is 7.76. The van der Waals surface area contributed by atoms with Crippen molar-refractivity contribution in [3.05, 3.63) is 30.0 Å². The summed E-state index contributed by atoms with van der Waals surface area (Å²) in [5, 5.41) is 0.940. The standard InChI is InChI=1S/C12H13NO3/c1-15-10-5-3-4-9-12(10)8(7-13-9)6-11(14)16-2/h3-5,7,13H,6H2,1-2H3.